The van der Waals surface area contributed by atoms with Crippen molar-refractivity contribution in [2.45, 2.75) is 17.1 Å². The van der Waals surface area contributed by atoms with Crippen LogP contribution in [-0.2, 0) is 4.79 Å². The largest absolute Gasteiger partial charge is 0.366 e. The van der Waals surface area contributed by atoms with Crippen molar-refractivity contribution in [3.63, 3.8) is 0 Å². The molecule has 7 heteroatoms. The summed E-state index contributed by atoms with van der Waals surface area (Å²) in [5.41, 5.74) is 5.57. The maximum Gasteiger partial charge on any atom is 0.251 e. The number of nitrogens with one attached hydrogen (secondary N) is 1. The maximum absolute atomic E-state index is 12.2. The number of anilines is 1. The number of halogens is 1. The predicted octanol–water partition coefficient (Wildman–Crippen LogP) is 3.62. The number of carbonyl (C=O) groups excluding carboxylic acids is 2. The van der Waals surface area contributed by atoms with Gasteiger partial charge in [-0.2, -0.15) is 0 Å². The molecule has 0 saturated heterocycles. The highest BCUT2D eigenvalue weighted by Gasteiger charge is 2.19. The Kier molecular flexibility index (Phi) is 5.27. The van der Waals surface area contributed by atoms with Gasteiger partial charge in [-0.25, -0.2) is 0 Å². The normalized spacial score (nSPS) is 11.9. The smallest absolute Gasteiger partial charge is 0.251 e. The first-order valence-corrected chi connectivity index (χ1v) is 8.22. The van der Waals surface area contributed by atoms with Gasteiger partial charge in [-0.1, -0.05) is 23.7 Å². The number of hydrogen-bond acceptors (Lipinski definition) is 4. The first-order valence-electron chi connectivity index (χ1n) is 6.08. The highest BCUT2D eigenvalue weighted by Crippen LogP contribution is 2.31. The lowest BCUT2D eigenvalue weighted by Crippen LogP contribution is -2.23. The van der Waals surface area contributed by atoms with Crippen LogP contribution in [0.3, 0.4) is 0 Å². The highest BCUT2D eigenvalue weighted by atomic mass is 35.5. The predicted molar refractivity (Wildman–Crippen MR) is 88.2 cm³/mol. The van der Waals surface area contributed by atoms with Crippen molar-refractivity contribution in [3.05, 3.63) is 46.3 Å². The standard InChI is InChI=1S/C14H13ClN2O2S2/c1-8(21-11-5-3-2-4-10(11)15)13(19)17-14-9(12(16)18)6-7-20-14/h2-8H,1H3,(H2,16,18)(H,17,19). The van der Waals surface area contributed by atoms with E-state index in [-0.39, 0.29) is 11.2 Å². The Labute approximate surface area is 135 Å². The van der Waals surface area contributed by atoms with Gasteiger partial charge in [0.25, 0.3) is 5.91 Å². The molecule has 2 amide bonds. The molecule has 0 saturated carbocycles. The van der Waals surface area contributed by atoms with E-state index in [1.807, 2.05) is 18.2 Å². The summed E-state index contributed by atoms with van der Waals surface area (Å²) in [5, 5.41) is 5.16. The minimum Gasteiger partial charge on any atom is -0.366 e. The van der Waals surface area contributed by atoms with Crippen molar-refractivity contribution in [3.8, 4) is 0 Å². The third kappa shape index (κ3) is 4.00. The van der Waals surface area contributed by atoms with E-state index in [1.165, 1.54) is 23.1 Å². The Morgan fingerprint density at radius 2 is 2.05 bits per heavy atom. The van der Waals surface area contributed by atoms with Crippen molar-refractivity contribution in [2.75, 3.05) is 5.32 Å². The molecule has 0 aliphatic rings. The second-order valence-electron chi connectivity index (χ2n) is 4.21. The number of thiophene rings is 1. The van der Waals surface area contributed by atoms with E-state index < -0.39 is 5.91 Å². The molecule has 3 N–H and O–H groups in total. The van der Waals surface area contributed by atoms with Crippen molar-refractivity contribution in [2.24, 2.45) is 5.73 Å². The number of amides is 2. The van der Waals surface area contributed by atoms with E-state index in [1.54, 1.807) is 24.4 Å². The summed E-state index contributed by atoms with van der Waals surface area (Å²) < 4.78 is 0. The molecular formula is C14H13ClN2O2S2. The SMILES string of the molecule is CC(Sc1ccccc1Cl)C(=O)Nc1sccc1C(N)=O. The van der Waals surface area contributed by atoms with Gasteiger partial charge in [0.05, 0.1) is 15.8 Å². The Hall–Kier alpha value is -1.50. The summed E-state index contributed by atoms with van der Waals surface area (Å²) in [4.78, 5) is 24.2. The molecule has 1 aromatic heterocycles. The molecule has 4 nitrogen and oxygen atoms in total. The van der Waals surface area contributed by atoms with E-state index in [9.17, 15) is 9.59 Å². The summed E-state index contributed by atoms with van der Waals surface area (Å²) in [5.74, 6) is -0.761. The third-order valence-corrected chi connectivity index (χ3v) is 5.13. The van der Waals surface area contributed by atoms with E-state index in [2.05, 4.69) is 5.32 Å². The van der Waals surface area contributed by atoms with Crippen LogP contribution < -0.4 is 11.1 Å². The van der Waals surface area contributed by atoms with Gasteiger partial charge in [0.1, 0.15) is 5.00 Å². The lowest BCUT2D eigenvalue weighted by molar-refractivity contribution is -0.115. The van der Waals surface area contributed by atoms with Crippen LogP contribution in [0.15, 0.2) is 40.6 Å². The van der Waals surface area contributed by atoms with Gasteiger partial charge in [0.15, 0.2) is 0 Å². The van der Waals surface area contributed by atoms with Crippen molar-refractivity contribution in [1.82, 2.24) is 0 Å². The van der Waals surface area contributed by atoms with Gasteiger partial charge < -0.3 is 11.1 Å². The van der Waals surface area contributed by atoms with Crippen LogP contribution in [0.5, 0.6) is 0 Å². The zero-order chi connectivity index (χ0) is 15.4. The van der Waals surface area contributed by atoms with Crippen molar-refractivity contribution in [1.29, 1.82) is 0 Å². The second kappa shape index (κ2) is 6.98. The number of hydrogen-bond donors (Lipinski definition) is 2. The molecule has 2 aromatic rings. The van der Waals surface area contributed by atoms with E-state index in [0.717, 1.165) is 4.90 Å². The quantitative estimate of drug-likeness (QED) is 0.816. The molecule has 1 atom stereocenters. The van der Waals surface area contributed by atoms with E-state index in [4.69, 9.17) is 17.3 Å². The average Bonchev–Trinajstić information content (AvgIpc) is 2.89. The van der Waals surface area contributed by atoms with Crippen molar-refractivity contribution < 1.29 is 9.59 Å². The lowest BCUT2D eigenvalue weighted by atomic mass is 10.3. The van der Waals surface area contributed by atoms with Crippen LogP contribution in [-0.4, -0.2) is 17.1 Å². The number of rotatable bonds is 5. The Bertz CT molecular complexity index is 672. The number of carbonyl (C=O) groups is 2. The number of nitrogens with two attached hydrogens (primary N) is 1. The molecule has 0 aliphatic carbocycles. The molecule has 1 heterocycles. The van der Waals surface area contributed by atoms with Crippen LogP contribution in [0.1, 0.15) is 17.3 Å². The third-order valence-electron chi connectivity index (χ3n) is 2.68. The highest BCUT2D eigenvalue weighted by molar-refractivity contribution is 8.00. The molecule has 0 spiro atoms. The van der Waals surface area contributed by atoms with E-state index >= 15 is 0 Å². The Morgan fingerprint density at radius 3 is 2.71 bits per heavy atom. The molecule has 110 valence electrons. The second-order valence-corrected chi connectivity index (χ2v) is 6.91. The molecule has 1 unspecified atom stereocenters. The molecule has 0 radical (unpaired) electrons. The van der Waals surface area contributed by atoms with Crippen LogP contribution in [0.25, 0.3) is 0 Å². The zero-order valence-electron chi connectivity index (χ0n) is 11.1. The number of benzene rings is 1. The van der Waals surface area contributed by atoms with Gasteiger partial charge in [-0.05, 0) is 30.5 Å². The van der Waals surface area contributed by atoms with Crippen LogP contribution in [0.2, 0.25) is 5.02 Å². The topological polar surface area (TPSA) is 72.2 Å². The van der Waals surface area contributed by atoms with Crippen molar-refractivity contribution >= 4 is 51.5 Å². The summed E-state index contributed by atoms with van der Waals surface area (Å²) in [6.07, 6.45) is 0. The molecule has 0 bridgehead atoms. The molecular weight excluding hydrogens is 328 g/mol. The van der Waals surface area contributed by atoms with Gasteiger partial charge in [0.2, 0.25) is 5.91 Å². The van der Waals surface area contributed by atoms with Gasteiger partial charge in [-0.3, -0.25) is 9.59 Å². The van der Waals surface area contributed by atoms with Crippen LogP contribution >= 0.6 is 34.7 Å². The Morgan fingerprint density at radius 1 is 1.33 bits per heavy atom. The molecule has 21 heavy (non-hydrogen) atoms. The van der Waals surface area contributed by atoms with Gasteiger partial charge >= 0.3 is 0 Å². The minimum absolute atomic E-state index is 0.204. The van der Waals surface area contributed by atoms with Gasteiger partial charge in [-0.15, -0.1) is 23.1 Å². The zero-order valence-corrected chi connectivity index (χ0v) is 13.5. The molecule has 0 fully saturated rings. The lowest BCUT2D eigenvalue weighted by Gasteiger charge is -2.12. The number of primary amides is 1. The first kappa shape index (κ1) is 15.9. The van der Waals surface area contributed by atoms with Crippen LogP contribution in [0, 0.1) is 0 Å². The Balaban J connectivity index is 2.05. The summed E-state index contributed by atoms with van der Waals surface area (Å²) >= 11 is 8.69. The fourth-order valence-corrected chi connectivity index (χ4v) is 3.55. The summed E-state index contributed by atoms with van der Waals surface area (Å²) in [7, 11) is 0. The summed E-state index contributed by atoms with van der Waals surface area (Å²) in [6.45, 7) is 1.78. The number of thioether (sulfide) groups is 1. The molecule has 2 rings (SSSR count). The fraction of sp³-hybridized carbons (Fsp3) is 0.143. The van der Waals surface area contributed by atoms with Crippen LogP contribution in [0.4, 0.5) is 5.00 Å². The van der Waals surface area contributed by atoms with E-state index in [0.29, 0.717) is 15.6 Å². The monoisotopic (exact) mass is 340 g/mol. The summed E-state index contributed by atoms with van der Waals surface area (Å²) in [6, 6.07) is 8.93. The average molecular weight is 341 g/mol. The molecule has 0 aliphatic heterocycles. The molecule has 1 aromatic carbocycles. The minimum atomic E-state index is -0.557. The maximum atomic E-state index is 12.2. The fourth-order valence-electron chi connectivity index (χ4n) is 1.60. The van der Waals surface area contributed by atoms with Gasteiger partial charge in [0, 0.05) is 4.90 Å². The first-order chi connectivity index (χ1) is 9.99.